The predicted octanol–water partition coefficient (Wildman–Crippen LogP) is 3.89. The number of carbonyl (C=O) groups excluding carboxylic acids is 1. The lowest BCUT2D eigenvalue weighted by atomic mass is 9.85. The van der Waals surface area contributed by atoms with Gasteiger partial charge in [-0.05, 0) is 70.7 Å². The number of halogens is 1. The highest BCUT2D eigenvalue weighted by Gasteiger charge is 2.50. The molecule has 2 fully saturated rings. The van der Waals surface area contributed by atoms with Crippen LogP contribution in [0.15, 0.2) is 18.2 Å². The topological polar surface area (TPSA) is 32.8 Å². The number of aryl methyl sites for hydroxylation is 1. The molecule has 0 aliphatic carbocycles. The quantitative estimate of drug-likeness (QED) is 0.794. The minimum absolute atomic E-state index is 0.273. The van der Waals surface area contributed by atoms with Crippen molar-refractivity contribution in [3.8, 4) is 5.75 Å². The molecule has 25 heavy (non-hydrogen) atoms. The number of rotatable bonds is 5. The number of nitrogens with zero attached hydrogens (tertiary/aromatic N) is 2. The molecule has 1 unspecified atom stereocenters. The molecule has 2 heterocycles. The van der Waals surface area contributed by atoms with Gasteiger partial charge in [0.05, 0.1) is 5.02 Å². The zero-order valence-corrected chi connectivity index (χ0v) is 16.3. The van der Waals surface area contributed by atoms with Crippen molar-refractivity contribution in [1.82, 2.24) is 9.80 Å². The van der Waals surface area contributed by atoms with Crippen molar-refractivity contribution in [1.29, 1.82) is 0 Å². The van der Waals surface area contributed by atoms with Crippen LogP contribution in [0.25, 0.3) is 0 Å². The molecular weight excluding hydrogens is 336 g/mol. The average molecular weight is 365 g/mol. The van der Waals surface area contributed by atoms with Crippen molar-refractivity contribution < 1.29 is 9.53 Å². The highest BCUT2D eigenvalue weighted by atomic mass is 35.5. The summed E-state index contributed by atoms with van der Waals surface area (Å²) in [7, 11) is 0. The van der Waals surface area contributed by atoms with Crippen molar-refractivity contribution in [3.05, 3.63) is 28.8 Å². The van der Waals surface area contributed by atoms with Crippen molar-refractivity contribution >= 4 is 17.5 Å². The van der Waals surface area contributed by atoms with E-state index in [-0.39, 0.29) is 11.6 Å². The Hall–Kier alpha value is -1.26. The molecule has 1 amide bonds. The summed E-state index contributed by atoms with van der Waals surface area (Å²) in [6.07, 6.45) is 4.12. The smallest absolute Gasteiger partial charge is 0.243 e. The Bertz CT molecular complexity index is 634. The fraction of sp³-hybridized carbons (Fsp3) is 0.650. The zero-order chi connectivity index (χ0) is 18.0. The monoisotopic (exact) mass is 364 g/mol. The average Bonchev–Trinajstić information content (AvgIpc) is 2.97. The molecule has 1 aromatic carbocycles. The van der Waals surface area contributed by atoms with Gasteiger partial charge < -0.3 is 9.64 Å². The molecule has 3 rings (SSSR count). The van der Waals surface area contributed by atoms with Crippen LogP contribution < -0.4 is 4.74 Å². The maximum absolute atomic E-state index is 13.2. The standard InChI is InChI=1S/C20H29ClN2O2/c1-15(2)23-11-5-9-20(19(23)24)8-4-10-22(20)12-13-25-18-14-16(3)6-7-17(18)21/h6-7,14-15H,4-5,8-13H2,1-3H3. The third-order valence-corrected chi connectivity index (χ3v) is 5.91. The molecule has 0 radical (unpaired) electrons. The van der Waals surface area contributed by atoms with Gasteiger partial charge in [-0.1, -0.05) is 17.7 Å². The van der Waals surface area contributed by atoms with Crippen molar-refractivity contribution in [3.63, 3.8) is 0 Å². The summed E-state index contributed by atoms with van der Waals surface area (Å²) in [5.41, 5.74) is 0.828. The molecule has 1 atom stereocenters. The van der Waals surface area contributed by atoms with Gasteiger partial charge in [-0.15, -0.1) is 0 Å². The van der Waals surface area contributed by atoms with Crippen LogP contribution in [-0.2, 0) is 4.79 Å². The van der Waals surface area contributed by atoms with Crippen molar-refractivity contribution in [2.45, 2.75) is 58.0 Å². The molecule has 4 nitrogen and oxygen atoms in total. The zero-order valence-electron chi connectivity index (χ0n) is 15.6. The van der Waals surface area contributed by atoms with Gasteiger partial charge in [0.1, 0.15) is 17.9 Å². The van der Waals surface area contributed by atoms with Crippen LogP contribution in [0.3, 0.4) is 0 Å². The highest BCUT2D eigenvalue weighted by molar-refractivity contribution is 6.32. The third kappa shape index (κ3) is 3.65. The number of amides is 1. The molecular formula is C20H29ClN2O2. The first-order valence-electron chi connectivity index (χ1n) is 9.39. The van der Waals surface area contributed by atoms with E-state index in [0.717, 1.165) is 56.6 Å². The number of likely N-dealkylation sites (tertiary alicyclic amines) is 2. The Morgan fingerprint density at radius 2 is 1.96 bits per heavy atom. The number of hydrogen-bond donors (Lipinski definition) is 0. The van der Waals surface area contributed by atoms with Gasteiger partial charge in [0.2, 0.25) is 5.91 Å². The Morgan fingerprint density at radius 3 is 2.68 bits per heavy atom. The lowest BCUT2D eigenvalue weighted by Crippen LogP contribution is -2.61. The SMILES string of the molecule is Cc1ccc(Cl)c(OCCN2CCCC23CCCN(C(C)C)C3=O)c1. The molecule has 5 heteroatoms. The number of piperidine rings is 1. The first-order valence-corrected chi connectivity index (χ1v) is 9.77. The van der Waals surface area contributed by atoms with Gasteiger partial charge in [0.15, 0.2) is 0 Å². The minimum Gasteiger partial charge on any atom is -0.491 e. The van der Waals surface area contributed by atoms with E-state index in [1.165, 1.54) is 0 Å². The van der Waals surface area contributed by atoms with E-state index >= 15 is 0 Å². The molecule has 138 valence electrons. The summed E-state index contributed by atoms with van der Waals surface area (Å²) in [6.45, 7) is 9.43. The lowest BCUT2D eigenvalue weighted by molar-refractivity contribution is -0.149. The van der Waals surface area contributed by atoms with E-state index < -0.39 is 0 Å². The molecule has 1 aromatic rings. The second-order valence-electron chi connectivity index (χ2n) is 7.60. The molecule has 1 spiro atoms. The number of ether oxygens (including phenoxy) is 1. The lowest BCUT2D eigenvalue weighted by Gasteiger charge is -2.46. The fourth-order valence-electron chi connectivity index (χ4n) is 4.28. The Kier molecular flexibility index (Phi) is 5.59. The van der Waals surface area contributed by atoms with Crippen LogP contribution in [0.1, 0.15) is 45.1 Å². The van der Waals surface area contributed by atoms with Gasteiger partial charge >= 0.3 is 0 Å². The van der Waals surface area contributed by atoms with E-state index in [1.54, 1.807) is 0 Å². The number of benzene rings is 1. The van der Waals surface area contributed by atoms with Crippen LogP contribution in [0.2, 0.25) is 5.02 Å². The summed E-state index contributed by atoms with van der Waals surface area (Å²) in [5.74, 6) is 1.05. The summed E-state index contributed by atoms with van der Waals surface area (Å²) in [5, 5.41) is 0.640. The van der Waals surface area contributed by atoms with E-state index in [0.29, 0.717) is 17.5 Å². The normalized spacial score (nSPS) is 24.5. The van der Waals surface area contributed by atoms with E-state index in [1.807, 2.05) is 25.1 Å². The Labute approximate surface area is 156 Å². The van der Waals surface area contributed by atoms with Gasteiger partial charge in [0.25, 0.3) is 0 Å². The minimum atomic E-state index is -0.303. The van der Waals surface area contributed by atoms with Gasteiger partial charge in [-0.25, -0.2) is 0 Å². The van der Waals surface area contributed by atoms with Crippen LogP contribution in [0.4, 0.5) is 0 Å². The molecule has 2 saturated heterocycles. The van der Waals surface area contributed by atoms with Crippen molar-refractivity contribution in [2.75, 3.05) is 26.2 Å². The second kappa shape index (κ2) is 7.55. The number of hydrogen-bond acceptors (Lipinski definition) is 3. The van der Waals surface area contributed by atoms with Gasteiger partial charge in [-0.3, -0.25) is 9.69 Å². The van der Waals surface area contributed by atoms with Crippen LogP contribution in [0.5, 0.6) is 5.75 Å². The number of carbonyl (C=O) groups is 1. The molecule has 0 N–H and O–H groups in total. The predicted molar refractivity (Wildman–Crippen MR) is 101 cm³/mol. The molecule has 0 saturated carbocycles. The van der Waals surface area contributed by atoms with Crippen LogP contribution >= 0.6 is 11.6 Å². The second-order valence-corrected chi connectivity index (χ2v) is 8.01. The molecule has 2 aliphatic rings. The van der Waals surface area contributed by atoms with E-state index in [2.05, 4.69) is 23.6 Å². The van der Waals surface area contributed by atoms with E-state index in [9.17, 15) is 4.79 Å². The summed E-state index contributed by atoms with van der Waals surface area (Å²) in [6, 6.07) is 6.09. The first kappa shape index (κ1) is 18.5. The molecule has 0 aromatic heterocycles. The third-order valence-electron chi connectivity index (χ3n) is 5.60. The maximum Gasteiger partial charge on any atom is 0.243 e. The summed E-state index contributed by atoms with van der Waals surface area (Å²) >= 11 is 6.21. The maximum atomic E-state index is 13.2. The first-order chi connectivity index (χ1) is 11.9. The molecule has 2 aliphatic heterocycles. The van der Waals surface area contributed by atoms with Crippen LogP contribution in [0, 0.1) is 6.92 Å². The van der Waals surface area contributed by atoms with Gasteiger partial charge in [0, 0.05) is 19.1 Å². The van der Waals surface area contributed by atoms with Gasteiger partial charge in [-0.2, -0.15) is 0 Å². The van der Waals surface area contributed by atoms with Crippen LogP contribution in [-0.4, -0.2) is 53.5 Å². The summed E-state index contributed by atoms with van der Waals surface area (Å²) < 4.78 is 5.92. The highest BCUT2D eigenvalue weighted by Crippen LogP contribution is 2.38. The Balaban J connectivity index is 1.65. The molecule has 0 bridgehead atoms. The summed E-state index contributed by atoms with van der Waals surface area (Å²) in [4.78, 5) is 17.6. The van der Waals surface area contributed by atoms with E-state index in [4.69, 9.17) is 16.3 Å². The fourth-order valence-corrected chi connectivity index (χ4v) is 4.46. The van der Waals surface area contributed by atoms with Crippen molar-refractivity contribution in [2.24, 2.45) is 0 Å². The Morgan fingerprint density at radius 1 is 1.24 bits per heavy atom. The largest absolute Gasteiger partial charge is 0.491 e.